The van der Waals surface area contributed by atoms with Crippen molar-refractivity contribution in [2.75, 3.05) is 13.6 Å². The molecule has 0 heterocycles. The average molecular weight is 187 g/mol. The molecule has 0 radical (unpaired) electrons. The predicted octanol–water partition coefficient (Wildman–Crippen LogP) is -1.09. The van der Waals surface area contributed by atoms with Crippen molar-refractivity contribution in [3.8, 4) is 0 Å². The van der Waals surface area contributed by atoms with Gasteiger partial charge in [-0.05, 0) is 6.92 Å². The van der Waals surface area contributed by atoms with Crippen LogP contribution in [0.15, 0.2) is 0 Å². The molecule has 2 unspecified atom stereocenters. The number of primary amides is 1. The third-order valence-electron chi connectivity index (χ3n) is 1.95. The molecular formula is C8H17N3O2. The highest BCUT2D eigenvalue weighted by molar-refractivity contribution is 5.85. The van der Waals surface area contributed by atoms with E-state index in [2.05, 4.69) is 0 Å². The summed E-state index contributed by atoms with van der Waals surface area (Å²) in [5.74, 6) is -0.967. The minimum atomic E-state index is -0.521. The summed E-state index contributed by atoms with van der Waals surface area (Å²) in [6.45, 7) is 3.42. The Hall–Kier alpha value is -1.10. The van der Waals surface area contributed by atoms with Gasteiger partial charge in [-0.25, -0.2) is 0 Å². The van der Waals surface area contributed by atoms with Gasteiger partial charge in [0.1, 0.15) is 0 Å². The number of carbonyl (C=O) groups is 2. The lowest BCUT2D eigenvalue weighted by molar-refractivity contribution is -0.137. The van der Waals surface area contributed by atoms with Crippen molar-refractivity contribution in [1.29, 1.82) is 0 Å². The van der Waals surface area contributed by atoms with E-state index in [9.17, 15) is 9.59 Å². The molecule has 0 aliphatic rings. The molecule has 5 heteroatoms. The number of carbonyl (C=O) groups excluding carboxylic acids is 2. The van der Waals surface area contributed by atoms with E-state index in [0.29, 0.717) is 0 Å². The van der Waals surface area contributed by atoms with Gasteiger partial charge in [-0.15, -0.1) is 0 Å². The molecule has 4 N–H and O–H groups in total. The zero-order valence-electron chi connectivity index (χ0n) is 8.28. The quantitative estimate of drug-likeness (QED) is 0.586. The van der Waals surface area contributed by atoms with Crippen molar-refractivity contribution >= 4 is 11.8 Å². The molecule has 0 rings (SSSR count). The number of hydrogen-bond donors (Lipinski definition) is 2. The lowest BCUT2D eigenvalue weighted by atomic mass is 10.0. The Kier molecular flexibility index (Phi) is 4.40. The van der Waals surface area contributed by atoms with Crippen LogP contribution in [-0.2, 0) is 9.59 Å². The van der Waals surface area contributed by atoms with Crippen LogP contribution in [0.5, 0.6) is 0 Å². The third-order valence-corrected chi connectivity index (χ3v) is 1.95. The highest BCUT2D eigenvalue weighted by atomic mass is 16.2. The van der Waals surface area contributed by atoms with Gasteiger partial charge in [0.15, 0.2) is 0 Å². The van der Waals surface area contributed by atoms with E-state index in [1.807, 2.05) is 0 Å². The summed E-state index contributed by atoms with van der Waals surface area (Å²) in [4.78, 5) is 23.2. The summed E-state index contributed by atoms with van der Waals surface area (Å²) in [5.41, 5.74) is 10.5. The monoisotopic (exact) mass is 187 g/mol. The van der Waals surface area contributed by atoms with E-state index < -0.39 is 5.91 Å². The Balaban J connectivity index is 4.17. The van der Waals surface area contributed by atoms with Crippen LogP contribution in [0.4, 0.5) is 0 Å². The highest BCUT2D eigenvalue weighted by Crippen LogP contribution is 2.03. The fraction of sp³-hybridized carbons (Fsp3) is 0.750. The van der Waals surface area contributed by atoms with Crippen LogP contribution in [0, 0.1) is 5.92 Å². The largest absolute Gasteiger partial charge is 0.368 e. The second kappa shape index (κ2) is 4.81. The molecule has 0 fully saturated rings. The summed E-state index contributed by atoms with van der Waals surface area (Å²) in [6, 6.07) is -0.220. The number of amides is 2. The van der Waals surface area contributed by atoms with Gasteiger partial charge in [0.05, 0.1) is 12.5 Å². The Morgan fingerprint density at radius 3 is 2.15 bits per heavy atom. The molecule has 0 aromatic carbocycles. The molecule has 0 saturated carbocycles. The predicted molar refractivity (Wildman–Crippen MR) is 49.6 cm³/mol. The van der Waals surface area contributed by atoms with Crippen LogP contribution in [0.2, 0.25) is 0 Å². The Labute approximate surface area is 78.1 Å². The maximum absolute atomic E-state index is 11.5. The second-order valence-electron chi connectivity index (χ2n) is 3.31. The van der Waals surface area contributed by atoms with E-state index in [1.54, 1.807) is 13.8 Å². The Morgan fingerprint density at radius 1 is 1.38 bits per heavy atom. The van der Waals surface area contributed by atoms with Gasteiger partial charge in [0.2, 0.25) is 11.8 Å². The zero-order chi connectivity index (χ0) is 10.6. The number of rotatable bonds is 4. The standard InChI is InChI=1S/C8H17N3O2/c1-5(6(2)9)8(13)11(3)4-7(10)12/h5-6H,4,9H2,1-3H3,(H2,10,12). The normalized spacial score (nSPS) is 14.8. The highest BCUT2D eigenvalue weighted by Gasteiger charge is 2.21. The molecule has 13 heavy (non-hydrogen) atoms. The van der Waals surface area contributed by atoms with Crippen molar-refractivity contribution in [2.45, 2.75) is 19.9 Å². The van der Waals surface area contributed by atoms with Crippen molar-refractivity contribution in [1.82, 2.24) is 4.90 Å². The fourth-order valence-electron chi connectivity index (χ4n) is 0.884. The smallest absolute Gasteiger partial charge is 0.237 e. The summed E-state index contributed by atoms with van der Waals surface area (Å²) in [5, 5.41) is 0. The van der Waals surface area contributed by atoms with Gasteiger partial charge in [-0.3, -0.25) is 9.59 Å². The van der Waals surface area contributed by atoms with E-state index in [0.717, 1.165) is 0 Å². The van der Waals surface area contributed by atoms with E-state index in [4.69, 9.17) is 11.5 Å². The first-order valence-corrected chi connectivity index (χ1v) is 4.15. The Morgan fingerprint density at radius 2 is 1.85 bits per heavy atom. The van der Waals surface area contributed by atoms with Crippen LogP contribution in [-0.4, -0.2) is 36.3 Å². The fourth-order valence-corrected chi connectivity index (χ4v) is 0.884. The van der Waals surface area contributed by atoms with Crippen molar-refractivity contribution in [2.24, 2.45) is 17.4 Å². The topological polar surface area (TPSA) is 89.4 Å². The second-order valence-corrected chi connectivity index (χ2v) is 3.31. The number of nitrogens with zero attached hydrogens (tertiary/aromatic N) is 1. The van der Waals surface area contributed by atoms with Crippen LogP contribution < -0.4 is 11.5 Å². The van der Waals surface area contributed by atoms with Crippen LogP contribution >= 0.6 is 0 Å². The SMILES string of the molecule is CC(N)C(C)C(=O)N(C)CC(N)=O. The molecule has 76 valence electrons. The summed E-state index contributed by atoms with van der Waals surface area (Å²) < 4.78 is 0. The van der Waals surface area contributed by atoms with Gasteiger partial charge >= 0.3 is 0 Å². The molecule has 0 aromatic rings. The van der Waals surface area contributed by atoms with Gasteiger partial charge in [-0.2, -0.15) is 0 Å². The molecule has 0 bridgehead atoms. The van der Waals surface area contributed by atoms with Gasteiger partial charge in [0, 0.05) is 13.1 Å². The van der Waals surface area contributed by atoms with Crippen molar-refractivity contribution in [3.63, 3.8) is 0 Å². The van der Waals surface area contributed by atoms with E-state index in [1.165, 1.54) is 11.9 Å². The van der Waals surface area contributed by atoms with Crippen LogP contribution in [0.25, 0.3) is 0 Å². The lowest BCUT2D eigenvalue weighted by Crippen LogP contribution is -2.43. The molecule has 0 spiro atoms. The number of nitrogens with two attached hydrogens (primary N) is 2. The maximum atomic E-state index is 11.5. The van der Waals surface area contributed by atoms with Gasteiger partial charge in [0.25, 0.3) is 0 Å². The first-order valence-electron chi connectivity index (χ1n) is 4.15. The summed E-state index contributed by atoms with van der Waals surface area (Å²) in [7, 11) is 1.53. The third kappa shape index (κ3) is 3.89. The maximum Gasteiger partial charge on any atom is 0.237 e. The van der Waals surface area contributed by atoms with Crippen molar-refractivity contribution in [3.05, 3.63) is 0 Å². The van der Waals surface area contributed by atoms with Crippen molar-refractivity contribution < 1.29 is 9.59 Å². The molecule has 0 saturated heterocycles. The van der Waals surface area contributed by atoms with Gasteiger partial charge < -0.3 is 16.4 Å². The molecule has 0 aliphatic carbocycles. The minimum Gasteiger partial charge on any atom is -0.368 e. The van der Waals surface area contributed by atoms with Crippen LogP contribution in [0.3, 0.4) is 0 Å². The van der Waals surface area contributed by atoms with Crippen LogP contribution in [0.1, 0.15) is 13.8 Å². The molecule has 0 aromatic heterocycles. The zero-order valence-corrected chi connectivity index (χ0v) is 8.28. The first kappa shape index (κ1) is 11.9. The van der Waals surface area contributed by atoms with E-state index >= 15 is 0 Å². The molecule has 2 atom stereocenters. The minimum absolute atomic E-state index is 0.0596. The lowest BCUT2D eigenvalue weighted by Gasteiger charge is -2.21. The Bertz CT molecular complexity index is 204. The molecule has 2 amide bonds. The number of hydrogen-bond acceptors (Lipinski definition) is 3. The molecular weight excluding hydrogens is 170 g/mol. The van der Waals surface area contributed by atoms with Gasteiger partial charge in [-0.1, -0.05) is 6.92 Å². The molecule has 5 nitrogen and oxygen atoms in total. The summed E-state index contributed by atoms with van der Waals surface area (Å²) >= 11 is 0. The average Bonchev–Trinajstić information content (AvgIpc) is 2.00. The number of likely N-dealkylation sites (N-methyl/N-ethyl adjacent to an activating group) is 1. The van der Waals surface area contributed by atoms with E-state index in [-0.39, 0.29) is 24.4 Å². The summed E-state index contributed by atoms with van der Waals surface area (Å²) in [6.07, 6.45) is 0. The first-order chi connectivity index (χ1) is 5.86. The molecule has 0 aliphatic heterocycles.